The van der Waals surface area contributed by atoms with E-state index in [2.05, 4.69) is 13.8 Å². The Morgan fingerprint density at radius 3 is 2.69 bits per heavy atom. The maximum absolute atomic E-state index is 13.8. The van der Waals surface area contributed by atoms with Gasteiger partial charge in [-0.1, -0.05) is 38.1 Å². The Balaban J connectivity index is 1.31. The summed E-state index contributed by atoms with van der Waals surface area (Å²) in [6.45, 7) is 4.58. The molecule has 2 saturated carbocycles. The molecule has 3 aromatic rings. The van der Waals surface area contributed by atoms with Gasteiger partial charge >= 0.3 is 0 Å². The maximum atomic E-state index is 13.8. The SMILES string of the molecule is COc1ccccc1-c1ccc2oc([C@H]3CCCN3S(=O)(=O)C[C@@]34CC[C@@H](CC3=O)C4(C)C)nc2c1. The van der Waals surface area contributed by atoms with Crippen LogP contribution in [-0.4, -0.2) is 42.9 Å². The van der Waals surface area contributed by atoms with E-state index in [0.717, 1.165) is 29.7 Å². The number of Topliss-reactive ketones (excluding diaryl/α,β-unsaturated/α-hetero) is 1. The molecule has 2 aromatic carbocycles. The third-order valence-electron chi connectivity index (χ3n) is 9.24. The first-order valence-corrected chi connectivity index (χ1v) is 14.3. The van der Waals surface area contributed by atoms with Gasteiger partial charge in [-0.2, -0.15) is 4.31 Å². The summed E-state index contributed by atoms with van der Waals surface area (Å²) in [7, 11) is -2.05. The molecule has 190 valence electrons. The van der Waals surface area contributed by atoms with Crippen molar-refractivity contribution in [2.45, 2.75) is 52.0 Å². The zero-order valence-corrected chi connectivity index (χ0v) is 21.8. The molecular weight excluding hydrogens is 476 g/mol. The van der Waals surface area contributed by atoms with Crippen LogP contribution >= 0.6 is 0 Å². The number of ketones is 1. The second-order valence-electron chi connectivity index (χ2n) is 11.1. The molecule has 0 N–H and O–H groups in total. The summed E-state index contributed by atoms with van der Waals surface area (Å²) >= 11 is 0. The highest BCUT2D eigenvalue weighted by Crippen LogP contribution is 2.64. The first kappa shape index (κ1) is 23.7. The van der Waals surface area contributed by atoms with Crippen molar-refractivity contribution in [3.8, 4) is 16.9 Å². The molecule has 0 radical (unpaired) electrons. The summed E-state index contributed by atoms with van der Waals surface area (Å²) in [5.41, 5.74) is 2.13. The number of benzene rings is 2. The molecule has 2 aliphatic carbocycles. The highest BCUT2D eigenvalue weighted by atomic mass is 32.2. The fourth-order valence-electron chi connectivity index (χ4n) is 6.96. The molecule has 8 heteroatoms. The molecule has 2 bridgehead atoms. The fourth-order valence-corrected chi connectivity index (χ4v) is 9.42. The minimum Gasteiger partial charge on any atom is -0.496 e. The number of nitrogens with zero attached hydrogens (tertiary/aromatic N) is 2. The van der Waals surface area contributed by atoms with Crippen molar-refractivity contribution < 1.29 is 22.4 Å². The standard InChI is InChI=1S/C28H32N2O5S/c1-27(2)19-12-13-28(27,25(31)16-19)17-36(32,33)30-14-6-8-22(30)26-29-21-15-18(10-11-24(21)35-26)20-7-4-5-9-23(20)34-3/h4-5,7,9-11,15,19,22H,6,8,12-14,16-17H2,1-3H3/t19-,22+,28-/m0/s1. The summed E-state index contributed by atoms with van der Waals surface area (Å²) < 4.78 is 40.8. The molecule has 3 fully saturated rings. The van der Waals surface area contributed by atoms with Crippen molar-refractivity contribution in [1.82, 2.24) is 9.29 Å². The minimum absolute atomic E-state index is 0.114. The number of hydrogen-bond acceptors (Lipinski definition) is 6. The molecule has 7 nitrogen and oxygen atoms in total. The molecular formula is C28H32N2O5S. The molecule has 3 aliphatic rings. The first-order chi connectivity index (χ1) is 17.2. The van der Waals surface area contributed by atoms with Gasteiger partial charge in [0.15, 0.2) is 5.58 Å². The summed E-state index contributed by atoms with van der Waals surface area (Å²) in [5, 5.41) is 0. The van der Waals surface area contributed by atoms with E-state index in [4.69, 9.17) is 14.1 Å². The number of para-hydroxylation sites is 1. The minimum atomic E-state index is -3.69. The highest BCUT2D eigenvalue weighted by molar-refractivity contribution is 7.89. The number of carbonyl (C=O) groups is 1. The Morgan fingerprint density at radius 2 is 1.97 bits per heavy atom. The van der Waals surface area contributed by atoms with Crippen LogP contribution in [-0.2, 0) is 14.8 Å². The van der Waals surface area contributed by atoms with Crippen molar-refractivity contribution in [2.75, 3.05) is 19.4 Å². The van der Waals surface area contributed by atoms with Crippen LogP contribution in [0.2, 0.25) is 0 Å². The van der Waals surface area contributed by atoms with E-state index in [1.165, 1.54) is 0 Å². The van der Waals surface area contributed by atoms with Crippen LogP contribution in [0.25, 0.3) is 22.2 Å². The van der Waals surface area contributed by atoms with E-state index >= 15 is 0 Å². The smallest absolute Gasteiger partial charge is 0.215 e. The lowest BCUT2D eigenvalue weighted by Gasteiger charge is -2.37. The Morgan fingerprint density at radius 1 is 1.17 bits per heavy atom. The van der Waals surface area contributed by atoms with Crippen molar-refractivity contribution >= 4 is 26.9 Å². The highest BCUT2D eigenvalue weighted by Gasteiger charge is 2.66. The number of carbonyl (C=O) groups excluding carboxylic acids is 1. The van der Waals surface area contributed by atoms with E-state index < -0.39 is 21.5 Å². The van der Waals surface area contributed by atoms with Gasteiger partial charge in [-0.05, 0) is 60.8 Å². The van der Waals surface area contributed by atoms with Crippen LogP contribution in [0, 0.1) is 16.7 Å². The van der Waals surface area contributed by atoms with Crippen LogP contribution in [0.3, 0.4) is 0 Å². The Kier molecular flexibility index (Phi) is 5.36. The van der Waals surface area contributed by atoms with Crippen molar-refractivity contribution in [3.63, 3.8) is 0 Å². The third kappa shape index (κ3) is 3.37. The van der Waals surface area contributed by atoms with Gasteiger partial charge in [-0.15, -0.1) is 0 Å². The zero-order valence-electron chi connectivity index (χ0n) is 21.0. The largest absolute Gasteiger partial charge is 0.496 e. The second kappa shape index (κ2) is 8.15. The molecule has 6 rings (SSSR count). The third-order valence-corrected chi connectivity index (χ3v) is 11.2. The average Bonchev–Trinajstić information content (AvgIpc) is 3.59. The molecule has 1 aliphatic heterocycles. The van der Waals surface area contributed by atoms with E-state index in [-0.39, 0.29) is 22.9 Å². The number of hydrogen-bond donors (Lipinski definition) is 0. The lowest BCUT2D eigenvalue weighted by atomic mass is 9.70. The summed E-state index contributed by atoms with van der Waals surface area (Å²) in [5.74, 6) is 1.48. The Hall–Kier alpha value is -2.71. The number of aromatic nitrogens is 1. The predicted octanol–water partition coefficient (Wildman–Crippen LogP) is 5.37. The van der Waals surface area contributed by atoms with Gasteiger partial charge in [-0.3, -0.25) is 4.79 Å². The van der Waals surface area contributed by atoms with Gasteiger partial charge < -0.3 is 9.15 Å². The van der Waals surface area contributed by atoms with E-state index in [0.29, 0.717) is 42.8 Å². The summed E-state index contributed by atoms with van der Waals surface area (Å²) in [4.78, 5) is 17.7. The number of oxazole rings is 1. The van der Waals surface area contributed by atoms with Gasteiger partial charge in [0.25, 0.3) is 0 Å². The average molecular weight is 509 g/mol. The van der Waals surface area contributed by atoms with Gasteiger partial charge in [0, 0.05) is 23.9 Å². The quantitative estimate of drug-likeness (QED) is 0.445. The molecule has 0 spiro atoms. The monoisotopic (exact) mass is 508 g/mol. The summed E-state index contributed by atoms with van der Waals surface area (Å²) in [6.07, 6.45) is 3.49. The first-order valence-electron chi connectivity index (χ1n) is 12.7. The second-order valence-corrected chi connectivity index (χ2v) is 13.0. The normalized spacial score (nSPS) is 27.8. The summed E-state index contributed by atoms with van der Waals surface area (Å²) in [6, 6.07) is 13.1. The van der Waals surface area contributed by atoms with Crippen molar-refractivity contribution in [2.24, 2.45) is 16.7 Å². The van der Waals surface area contributed by atoms with E-state index in [1.54, 1.807) is 11.4 Å². The van der Waals surface area contributed by atoms with Crippen LogP contribution in [0.5, 0.6) is 5.75 Å². The van der Waals surface area contributed by atoms with Crippen molar-refractivity contribution in [1.29, 1.82) is 0 Å². The maximum Gasteiger partial charge on any atom is 0.215 e. The lowest BCUT2D eigenvalue weighted by Crippen LogP contribution is -2.46. The lowest BCUT2D eigenvalue weighted by molar-refractivity contribution is -0.128. The van der Waals surface area contributed by atoms with Crippen LogP contribution < -0.4 is 4.74 Å². The number of methoxy groups -OCH3 is 1. The molecule has 3 atom stereocenters. The molecule has 0 unspecified atom stereocenters. The van der Waals surface area contributed by atoms with Gasteiger partial charge in [0.05, 0.1) is 12.9 Å². The molecule has 1 aromatic heterocycles. The zero-order chi connectivity index (χ0) is 25.3. The number of ether oxygens (including phenoxy) is 1. The Bertz CT molecular complexity index is 1460. The van der Waals surface area contributed by atoms with Crippen molar-refractivity contribution in [3.05, 3.63) is 48.4 Å². The van der Waals surface area contributed by atoms with Gasteiger partial charge in [-0.25, -0.2) is 13.4 Å². The molecule has 36 heavy (non-hydrogen) atoms. The van der Waals surface area contributed by atoms with Crippen LogP contribution in [0.1, 0.15) is 57.9 Å². The number of fused-ring (bicyclic) bond motifs is 3. The number of rotatable bonds is 6. The predicted molar refractivity (Wildman–Crippen MR) is 137 cm³/mol. The van der Waals surface area contributed by atoms with Crippen LogP contribution in [0.15, 0.2) is 46.9 Å². The van der Waals surface area contributed by atoms with Crippen LogP contribution in [0.4, 0.5) is 0 Å². The Labute approximate surface area is 211 Å². The molecule has 2 heterocycles. The molecule has 0 amide bonds. The fraction of sp³-hybridized carbons (Fsp3) is 0.500. The topological polar surface area (TPSA) is 89.7 Å². The van der Waals surface area contributed by atoms with Gasteiger partial charge in [0.2, 0.25) is 15.9 Å². The van der Waals surface area contributed by atoms with Gasteiger partial charge in [0.1, 0.15) is 23.1 Å². The number of sulfonamides is 1. The van der Waals surface area contributed by atoms with E-state index in [9.17, 15) is 13.2 Å². The molecule has 1 saturated heterocycles. The van der Waals surface area contributed by atoms with E-state index in [1.807, 2.05) is 42.5 Å².